The summed E-state index contributed by atoms with van der Waals surface area (Å²) < 4.78 is 13.5. The van der Waals surface area contributed by atoms with Crippen molar-refractivity contribution in [1.29, 1.82) is 0 Å². The quantitative estimate of drug-likeness (QED) is 0.635. The molecule has 0 saturated carbocycles. The molecule has 0 aliphatic heterocycles. The molecule has 0 atom stereocenters. The van der Waals surface area contributed by atoms with Gasteiger partial charge in [-0.05, 0) is 43.3 Å². The number of methoxy groups -OCH3 is 1. The topological polar surface area (TPSA) is 52.8 Å². The maximum atomic E-state index is 12.6. The van der Waals surface area contributed by atoms with Gasteiger partial charge in [-0.2, -0.15) is 4.99 Å². The van der Waals surface area contributed by atoms with Crippen LogP contribution in [0.1, 0.15) is 17.3 Å². The van der Waals surface area contributed by atoms with Gasteiger partial charge in [-0.25, -0.2) is 0 Å². The first-order valence-corrected chi connectivity index (χ1v) is 9.42. The first kappa shape index (κ1) is 18.6. The lowest BCUT2D eigenvalue weighted by molar-refractivity contribution is 0.0997. The van der Waals surface area contributed by atoms with E-state index in [9.17, 15) is 4.79 Å². The van der Waals surface area contributed by atoms with Gasteiger partial charge in [0.15, 0.2) is 4.80 Å². The van der Waals surface area contributed by atoms with Crippen LogP contribution in [0.5, 0.6) is 5.75 Å². The molecule has 1 heterocycles. The Bertz CT molecular complexity index is 977. The first-order chi connectivity index (χ1) is 12.6. The summed E-state index contributed by atoms with van der Waals surface area (Å²) in [6.45, 7) is 3.57. The molecule has 0 bridgehead atoms. The van der Waals surface area contributed by atoms with Crippen molar-refractivity contribution in [2.24, 2.45) is 4.99 Å². The molecule has 3 rings (SSSR count). The summed E-state index contributed by atoms with van der Waals surface area (Å²) in [5, 5.41) is 0.629. The van der Waals surface area contributed by atoms with Crippen LogP contribution in [0.4, 0.5) is 0 Å². The molecular formula is C19H19ClN2O3S. The van der Waals surface area contributed by atoms with Crippen LogP contribution in [0.25, 0.3) is 10.2 Å². The highest BCUT2D eigenvalue weighted by Gasteiger charge is 2.11. The molecule has 26 heavy (non-hydrogen) atoms. The van der Waals surface area contributed by atoms with Crippen molar-refractivity contribution in [3.05, 3.63) is 57.9 Å². The highest BCUT2D eigenvalue weighted by molar-refractivity contribution is 7.16. The number of carbonyl (C=O) groups is 1. The number of nitrogens with zero attached hydrogens (tertiary/aromatic N) is 2. The van der Waals surface area contributed by atoms with E-state index in [1.807, 2.05) is 29.7 Å². The lowest BCUT2D eigenvalue weighted by Gasteiger charge is -2.05. The molecule has 0 aliphatic rings. The van der Waals surface area contributed by atoms with Gasteiger partial charge in [0.25, 0.3) is 5.91 Å². The van der Waals surface area contributed by atoms with Crippen LogP contribution in [-0.2, 0) is 11.3 Å². The van der Waals surface area contributed by atoms with Gasteiger partial charge < -0.3 is 14.0 Å². The summed E-state index contributed by atoms with van der Waals surface area (Å²) in [6.07, 6.45) is 0. The van der Waals surface area contributed by atoms with E-state index in [0.29, 0.717) is 35.1 Å². The normalized spacial score (nSPS) is 11.9. The molecule has 0 radical (unpaired) electrons. The van der Waals surface area contributed by atoms with Crippen molar-refractivity contribution >= 4 is 39.1 Å². The summed E-state index contributed by atoms with van der Waals surface area (Å²) in [5.74, 6) is 0.426. The molecule has 136 valence electrons. The molecule has 1 amide bonds. The maximum absolute atomic E-state index is 12.6. The maximum Gasteiger partial charge on any atom is 0.279 e. The zero-order chi connectivity index (χ0) is 18.5. The Kier molecular flexibility index (Phi) is 6.08. The van der Waals surface area contributed by atoms with Crippen molar-refractivity contribution < 1.29 is 14.3 Å². The van der Waals surface area contributed by atoms with E-state index in [4.69, 9.17) is 21.1 Å². The van der Waals surface area contributed by atoms with Crippen LogP contribution in [-0.4, -0.2) is 30.8 Å². The van der Waals surface area contributed by atoms with Gasteiger partial charge in [-0.3, -0.25) is 4.79 Å². The second-order valence-corrected chi connectivity index (χ2v) is 6.91. The lowest BCUT2D eigenvalue weighted by atomic mass is 10.2. The van der Waals surface area contributed by atoms with Crippen LogP contribution in [0, 0.1) is 0 Å². The van der Waals surface area contributed by atoms with Gasteiger partial charge >= 0.3 is 0 Å². The number of fused-ring (bicyclic) bond motifs is 1. The Morgan fingerprint density at radius 2 is 2.00 bits per heavy atom. The van der Waals surface area contributed by atoms with E-state index in [1.165, 1.54) is 11.3 Å². The minimum atomic E-state index is -0.304. The number of thiazole rings is 1. The van der Waals surface area contributed by atoms with E-state index in [1.54, 1.807) is 31.4 Å². The zero-order valence-electron chi connectivity index (χ0n) is 14.6. The molecule has 3 aromatic rings. The minimum absolute atomic E-state index is 0.304. The molecule has 5 nitrogen and oxygen atoms in total. The molecule has 0 spiro atoms. The van der Waals surface area contributed by atoms with Crippen LogP contribution in [0.3, 0.4) is 0 Å². The van der Waals surface area contributed by atoms with Gasteiger partial charge in [0.1, 0.15) is 5.75 Å². The number of rotatable bonds is 6. The smallest absolute Gasteiger partial charge is 0.279 e. The summed E-state index contributed by atoms with van der Waals surface area (Å²) in [4.78, 5) is 17.5. The number of hydrogen-bond donors (Lipinski definition) is 0. The fraction of sp³-hybridized carbons (Fsp3) is 0.263. The predicted molar refractivity (Wildman–Crippen MR) is 104 cm³/mol. The molecule has 0 unspecified atom stereocenters. The second-order valence-electron chi connectivity index (χ2n) is 5.49. The number of benzene rings is 2. The molecule has 7 heteroatoms. The largest absolute Gasteiger partial charge is 0.494 e. The number of aromatic nitrogens is 1. The average molecular weight is 391 g/mol. The van der Waals surface area contributed by atoms with Gasteiger partial charge in [-0.1, -0.05) is 29.0 Å². The molecule has 1 aromatic heterocycles. The first-order valence-electron chi connectivity index (χ1n) is 8.22. The summed E-state index contributed by atoms with van der Waals surface area (Å²) >= 11 is 7.79. The number of hydrogen-bond acceptors (Lipinski definition) is 4. The van der Waals surface area contributed by atoms with E-state index in [2.05, 4.69) is 4.99 Å². The number of para-hydroxylation sites is 1. The number of carbonyl (C=O) groups excluding carboxylic acids is 1. The minimum Gasteiger partial charge on any atom is -0.494 e. The predicted octanol–water partition coefficient (Wildman–Crippen LogP) is 4.14. The molecule has 0 saturated heterocycles. The van der Waals surface area contributed by atoms with Crippen molar-refractivity contribution in [3.63, 3.8) is 0 Å². The summed E-state index contributed by atoms with van der Waals surface area (Å²) in [6, 6.07) is 12.7. The van der Waals surface area contributed by atoms with Crippen LogP contribution in [0.15, 0.2) is 47.5 Å². The molecule has 2 aromatic carbocycles. The Morgan fingerprint density at radius 3 is 2.69 bits per heavy atom. The Hall–Kier alpha value is -2.15. The second kappa shape index (κ2) is 8.49. The molecule has 0 aliphatic carbocycles. The van der Waals surface area contributed by atoms with Crippen molar-refractivity contribution in [1.82, 2.24) is 4.57 Å². The standard InChI is InChI=1S/C19H19ClN2O3S/c1-3-25-14-9-7-13(8-10-14)18(23)21-19-22(11-12-24-2)17-15(20)5-4-6-16(17)26-19/h4-10H,3,11-12H2,1-2H3. The van der Waals surface area contributed by atoms with Gasteiger partial charge in [0.2, 0.25) is 0 Å². The van der Waals surface area contributed by atoms with Crippen LogP contribution in [0.2, 0.25) is 5.02 Å². The number of ether oxygens (including phenoxy) is 2. The van der Waals surface area contributed by atoms with E-state index < -0.39 is 0 Å². The molecule has 0 fully saturated rings. The Morgan fingerprint density at radius 1 is 1.23 bits per heavy atom. The van der Waals surface area contributed by atoms with Crippen molar-refractivity contribution in [2.75, 3.05) is 20.3 Å². The zero-order valence-corrected chi connectivity index (χ0v) is 16.1. The fourth-order valence-electron chi connectivity index (χ4n) is 2.57. The van der Waals surface area contributed by atoms with Gasteiger partial charge in [-0.15, -0.1) is 0 Å². The van der Waals surface area contributed by atoms with E-state index >= 15 is 0 Å². The summed E-state index contributed by atoms with van der Waals surface area (Å²) in [5.41, 5.74) is 1.38. The average Bonchev–Trinajstić information content (AvgIpc) is 2.99. The Labute approximate surface area is 160 Å². The highest BCUT2D eigenvalue weighted by Crippen LogP contribution is 2.25. The molecular weight excluding hydrogens is 372 g/mol. The van der Waals surface area contributed by atoms with E-state index in [-0.39, 0.29) is 5.91 Å². The number of amides is 1. The van der Waals surface area contributed by atoms with Gasteiger partial charge in [0.05, 0.1) is 28.5 Å². The third-order valence-electron chi connectivity index (χ3n) is 3.78. The van der Waals surface area contributed by atoms with Crippen LogP contribution >= 0.6 is 22.9 Å². The Balaban J connectivity index is 2.02. The number of halogens is 1. The lowest BCUT2D eigenvalue weighted by Crippen LogP contribution is -2.19. The summed E-state index contributed by atoms with van der Waals surface area (Å²) in [7, 11) is 1.64. The van der Waals surface area contributed by atoms with Gasteiger partial charge in [0, 0.05) is 19.2 Å². The third kappa shape index (κ3) is 3.98. The van der Waals surface area contributed by atoms with Crippen molar-refractivity contribution in [3.8, 4) is 5.75 Å². The third-order valence-corrected chi connectivity index (χ3v) is 5.13. The monoisotopic (exact) mass is 390 g/mol. The van der Waals surface area contributed by atoms with E-state index in [0.717, 1.165) is 16.0 Å². The fourth-order valence-corrected chi connectivity index (χ4v) is 3.99. The SMILES string of the molecule is CCOc1ccc(C(=O)N=c2sc3cccc(Cl)c3n2CCOC)cc1. The van der Waals surface area contributed by atoms with Crippen LogP contribution < -0.4 is 9.54 Å². The van der Waals surface area contributed by atoms with Crippen molar-refractivity contribution in [2.45, 2.75) is 13.5 Å². The molecule has 0 N–H and O–H groups in total. The highest BCUT2D eigenvalue weighted by atomic mass is 35.5.